The number of ether oxygens (including phenoxy) is 1. The van der Waals surface area contributed by atoms with Crippen molar-refractivity contribution in [3.05, 3.63) is 23.3 Å². The van der Waals surface area contributed by atoms with Gasteiger partial charge in [-0.1, -0.05) is 23.9 Å². The van der Waals surface area contributed by atoms with E-state index in [2.05, 4.69) is 4.74 Å². The number of rotatable bonds is 5. The van der Waals surface area contributed by atoms with E-state index in [1.165, 1.54) is 12.1 Å². The Morgan fingerprint density at radius 3 is 2.58 bits per heavy atom. The molecule has 0 aromatic heterocycles. The molecule has 9 heteroatoms. The zero-order valence-corrected chi connectivity index (χ0v) is 10.8. The third-order valence-corrected chi connectivity index (χ3v) is 2.98. The van der Waals surface area contributed by atoms with Crippen LogP contribution in [0.25, 0.3) is 0 Å². The van der Waals surface area contributed by atoms with Crippen molar-refractivity contribution in [3.63, 3.8) is 0 Å². The Hall–Kier alpha value is -1.47. The minimum atomic E-state index is -4.19. The lowest BCUT2D eigenvalue weighted by Gasteiger charge is -2.11. The molecular weight excluding hydrogens is 268 g/mol. The molecule has 6 nitrogen and oxygen atoms in total. The Labute approximate surface area is 113 Å². The molecule has 0 aliphatic rings. The van der Waals surface area contributed by atoms with Crippen molar-refractivity contribution in [2.24, 2.45) is 0 Å². The monoisotopic (exact) mass is 279 g/mol. The highest BCUT2D eigenvalue weighted by Crippen LogP contribution is 2.17. The molecule has 19 heavy (non-hydrogen) atoms. The van der Waals surface area contributed by atoms with Gasteiger partial charge in [0.05, 0.1) is 13.4 Å². The maximum Gasteiger partial charge on any atom is 0.340 e. The SMILES string of the molecule is [B]Cc1cc([B])cc(C(=O)OCCS(=O)(=O)O)c1N. The van der Waals surface area contributed by atoms with Gasteiger partial charge in [0.25, 0.3) is 10.1 Å². The van der Waals surface area contributed by atoms with Gasteiger partial charge >= 0.3 is 5.97 Å². The number of nitrogen functional groups attached to an aromatic ring is 1. The first-order chi connectivity index (χ1) is 8.74. The van der Waals surface area contributed by atoms with Crippen molar-refractivity contribution in [2.75, 3.05) is 18.1 Å². The van der Waals surface area contributed by atoms with Crippen LogP contribution < -0.4 is 11.2 Å². The van der Waals surface area contributed by atoms with Gasteiger partial charge in [-0.05, 0) is 5.56 Å². The summed E-state index contributed by atoms with van der Waals surface area (Å²) in [5.74, 6) is -1.52. The summed E-state index contributed by atoms with van der Waals surface area (Å²) in [6.45, 7) is -0.482. The van der Waals surface area contributed by atoms with Gasteiger partial charge in [-0.3, -0.25) is 4.55 Å². The molecule has 1 rings (SSSR count). The third kappa shape index (κ3) is 4.60. The average molecular weight is 279 g/mol. The first-order valence-electron chi connectivity index (χ1n) is 5.25. The topological polar surface area (TPSA) is 107 Å². The number of benzene rings is 1. The summed E-state index contributed by atoms with van der Waals surface area (Å²) in [6, 6.07) is 2.84. The Kier molecular flexibility index (Phi) is 5.02. The first kappa shape index (κ1) is 15.6. The van der Waals surface area contributed by atoms with Crippen LogP contribution in [0.4, 0.5) is 5.69 Å². The Balaban J connectivity index is 2.85. The van der Waals surface area contributed by atoms with Crippen LogP contribution >= 0.6 is 0 Å². The van der Waals surface area contributed by atoms with Crippen LogP contribution in [-0.2, 0) is 21.2 Å². The summed E-state index contributed by atoms with van der Waals surface area (Å²) < 4.78 is 34.1. The second-order valence-electron chi connectivity index (χ2n) is 3.77. The molecule has 0 aliphatic carbocycles. The minimum Gasteiger partial charge on any atom is -0.461 e. The highest BCUT2D eigenvalue weighted by atomic mass is 32.2. The van der Waals surface area contributed by atoms with Crippen molar-refractivity contribution in [1.82, 2.24) is 0 Å². The van der Waals surface area contributed by atoms with E-state index in [-0.39, 0.29) is 23.0 Å². The smallest absolute Gasteiger partial charge is 0.340 e. The van der Waals surface area contributed by atoms with Crippen LogP contribution in [0.5, 0.6) is 0 Å². The molecule has 0 saturated carbocycles. The van der Waals surface area contributed by atoms with Crippen LogP contribution in [0.1, 0.15) is 15.9 Å². The maximum atomic E-state index is 11.7. The molecule has 1 aromatic carbocycles. The van der Waals surface area contributed by atoms with Crippen molar-refractivity contribution in [3.8, 4) is 0 Å². The summed E-state index contributed by atoms with van der Waals surface area (Å²) in [6.07, 6.45) is 0.0994. The summed E-state index contributed by atoms with van der Waals surface area (Å²) in [5.41, 5.74) is 6.64. The number of hydrogen-bond acceptors (Lipinski definition) is 5. The van der Waals surface area contributed by atoms with E-state index in [4.69, 9.17) is 26.0 Å². The second kappa shape index (κ2) is 6.12. The van der Waals surface area contributed by atoms with Crippen LogP contribution in [0.15, 0.2) is 12.1 Å². The fourth-order valence-corrected chi connectivity index (χ4v) is 1.69. The summed E-state index contributed by atoms with van der Waals surface area (Å²) >= 11 is 0. The lowest BCUT2D eigenvalue weighted by molar-refractivity contribution is 0.0529. The second-order valence-corrected chi connectivity index (χ2v) is 5.34. The lowest BCUT2D eigenvalue weighted by atomic mass is 9.86. The number of anilines is 1. The highest BCUT2D eigenvalue weighted by molar-refractivity contribution is 7.85. The molecule has 0 spiro atoms. The lowest BCUT2D eigenvalue weighted by Crippen LogP contribution is -2.18. The first-order valence-corrected chi connectivity index (χ1v) is 6.85. The predicted octanol–water partition coefficient (Wildman–Crippen LogP) is -1.22. The molecule has 0 amide bonds. The van der Waals surface area contributed by atoms with Crippen LogP contribution in [0.2, 0.25) is 0 Å². The fourth-order valence-electron chi connectivity index (χ4n) is 1.39. The fraction of sp³-hybridized carbons (Fsp3) is 0.300. The molecule has 0 atom stereocenters. The van der Waals surface area contributed by atoms with E-state index in [1.807, 2.05) is 0 Å². The van der Waals surface area contributed by atoms with Crippen molar-refractivity contribution in [2.45, 2.75) is 6.32 Å². The van der Waals surface area contributed by atoms with E-state index in [1.54, 1.807) is 0 Å². The molecule has 3 N–H and O–H groups in total. The molecular formula is C10H11B2NO5S. The number of carbonyl (C=O) groups is 1. The molecule has 4 radical (unpaired) electrons. The molecule has 0 aliphatic heterocycles. The van der Waals surface area contributed by atoms with Gasteiger partial charge in [-0.25, -0.2) is 4.79 Å². The van der Waals surface area contributed by atoms with Crippen LogP contribution in [0.3, 0.4) is 0 Å². The molecule has 0 unspecified atom stereocenters. The zero-order chi connectivity index (χ0) is 14.6. The largest absolute Gasteiger partial charge is 0.461 e. The minimum absolute atomic E-state index is 0.00999. The molecule has 0 fully saturated rings. The van der Waals surface area contributed by atoms with Crippen molar-refractivity contribution < 1.29 is 22.5 Å². The van der Waals surface area contributed by atoms with E-state index in [0.717, 1.165) is 0 Å². The van der Waals surface area contributed by atoms with Gasteiger partial charge in [0, 0.05) is 5.69 Å². The quantitative estimate of drug-likeness (QED) is 0.302. The standard InChI is InChI=1S/C10H11B2NO5S/c11-5-6-3-7(12)4-8(9(6)13)10(14)18-1-2-19(15,16)17/h3-4H,1-2,5,13H2,(H,15,16,17). The van der Waals surface area contributed by atoms with E-state index >= 15 is 0 Å². The van der Waals surface area contributed by atoms with Crippen molar-refractivity contribution >= 4 is 42.9 Å². The molecule has 0 bridgehead atoms. The number of nitrogens with two attached hydrogens (primary N) is 1. The Morgan fingerprint density at radius 1 is 1.42 bits per heavy atom. The maximum absolute atomic E-state index is 11.7. The summed E-state index contributed by atoms with van der Waals surface area (Å²) in [5, 5.41) is 0. The van der Waals surface area contributed by atoms with E-state index in [0.29, 0.717) is 5.56 Å². The normalized spacial score (nSPS) is 11.2. The van der Waals surface area contributed by atoms with Crippen molar-refractivity contribution in [1.29, 1.82) is 0 Å². The van der Waals surface area contributed by atoms with Crippen LogP contribution in [-0.4, -0.2) is 47.0 Å². The van der Waals surface area contributed by atoms with Gasteiger partial charge in [0.15, 0.2) is 0 Å². The van der Waals surface area contributed by atoms with Gasteiger partial charge < -0.3 is 10.5 Å². The predicted molar refractivity (Wildman–Crippen MR) is 72.4 cm³/mol. The average Bonchev–Trinajstić information content (AvgIpc) is 2.29. The number of carbonyl (C=O) groups excluding carboxylic acids is 1. The summed E-state index contributed by atoms with van der Waals surface area (Å²) in [7, 11) is 6.84. The molecule has 98 valence electrons. The van der Waals surface area contributed by atoms with Crippen LogP contribution in [0, 0.1) is 0 Å². The molecule has 0 saturated heterocycles. The van der Waals surface area contributed by atoms with Gasteiger partial charge in [-0.15, -0.1) is 0 Å². The van der Waals surface area contributed by atoms with E-state index < -0.39 is 28.4 Å². The van der Waals surface area contributed by atoms with Gasteiger partial charge in [-0.2, -0.15) is 8.42 Å². The Morgan fingerprint density at radius 2 is 2.05 bits per heavy atom. The zero-order valence-electron chi connectivity index (χ0n) is 10.00. The summed E-state index contributed by atoms with van der Waals surface area (Å²) in [4.78, 5) is 11.7. The Bertz CT molecular complexity index is 588. The molecule has 0 heterocycles. The molecule has 1 aromatic rings. The van der Waals surface area contributed by atoms with Gasteiger partial charge in [0.2, 0.25) is 0 Å². The highest BCUT2D eigenvalue weighted by Gasteiger charge is 2.15. The van der Waals surface area contributed by atoms with E-state index in [9.17, 15) is 13.2 Å². The van der Waals surface area contributed by atoms with Gasteiger partial charge in [0.1, 0.15) is 20.2 Å². The number of esters is 1. The number of hydrogen-bond donors (Lipinski definition) is 2. The third-order valence-electron chi connectivity index (χ3n) is 2.30.